The number of furan rings is 1. The molecule has 23 heavy (non-hydrogen) atoms. The normalized spacial score (nSPS) is 12.0. The molecular formula is C19H18N2O2. The van der Waals surface area contributed by atoms with Gasteiger partial charge in [-0.05, 0) is 50.1 Å². The molecule has 4 heteroatoms. The molecule has 0 aliphatic rings. The van der Waals surface area contributed by atoms with E-state index >= 15 is 0 Å². The molecule has 0 radical (unpaired) electrons. The number of carbonyl (C=O) groups excluding carboxylic acids is 1. The fourth-order valence-electron chi connectivity index (χ4n) is 1.91. The van der Waals surface area contributed by atoms with Crippen LogP contribution < -0.4 is 5.32 Å². The van der Waals surface area contributed by atoms with Crippen LogP contribution in [0.15, 0.2) is 76.4 Å². The van der Waals surface area contributed by atoms with E-state index in [0.717, 1.165) is 11.3 Å². The molecule has 2 aromatic rings. The molecule has 4 nitrogen and oxygen atoms in total. The molecule has 0 aliphatic heterocycles. The van der Waals surface area contributed by atoms with E-state index < -0.39 is 0 Å². The predicted molar refractivity (Wildman–Crippen MR) is 95.2 cm³/mol. The molecule has 0 spiro atoms. The number of aliphatic imine (C=N–C) groups is 1. The van der Waals surface area contributed by atoms with Crippen molar-refractivity contribution in [3.8, 4) is 0 Å². The van der Waals surface area contributed by atoms with Crippen LogP contribution >= 0.6 is 0 Å². The number of nitrogens with zero attached hydrogens (tertiary/aromatic N) is 1. The number of nitrogens with one attached hydrogen (secondary N) is 1. The highest BCUT2D eigenvalue weighted by atomic mass is 16.3. The summed E-state index contributed by atoms with van der Waals surface area (Å²) in [4.78, 5) is 15.9. The van der Waals surface area contributed by atoms with Crippen LogP contribution in [0, 0.1) is 0 Å². The van der Waals surface area contributed by atoms with E-state index in [1.807, 2.05) is 49.4 Å². The third-order valence-corrected chi connectivity index (χ3v) is 2.98. The Balaban J connectivity index is 2.10. The minimum Gasteiger partial charge on any atom is -0.465 e. The van der Waals surface area contributed by atoms with Gasteiger partial charge in [0.15, 0.2) is 0 Å². The second-order valence-electron chi connectivity index (χ2n) is 4.65. The van der Waals surface area contributed by atoms with E-state index in [9.17, 15) is 4.79 Å². The second kappa shape index (κ2) is 8.34. The molecule has 1 N–H and O–H groups in total. The van der Waals surface area contributed by atoms with Gasteiger partial charge in [0.2, 0.25) is 5.91 Å². The van der Waals surface area contributed by atoms with Crippen LogP contribution in [0.25, 0.3) is 11.8 Å². The van der Waals surface area contributed by atoms with Gasteiger partial charge < -0.3 is 9.73 Å². The Kier molecular flexibility index (Phi) is 5.89. The van der Waals surface area contributed by atoms with Gasteiger partial charge in [0.1, 0.15) is 5.76 Å². The van der Waals surface area contributed by atoms with Crippen LogP contribution in [0.5, 0.6) is 0 Å². The molecule has 1 aromatic heterocycles. The van der Waals surface area contributed by atoms with Gasteiger partial charge in [-0.1, -0.05) is 24.3 Å². The van der Waals surface area contributed by atoms with Crippen molar-refractivity contribution in [3.63, 3.8) is 0 Å². The van der Waals surface area contributed by atoms with Crippen molar-refractivity contribution in [1.29, 1.82) is 0 Å². The van der Waals surface area contributed by atoms with Crippen molar-refractivity contribution in [2.75, 3.05) is 5.32 Å². The van der Waals surface area contributed by atoms with E-state index in [2.05, 4.69) is 17.0 Å². The summed E-state index contributed by atoms with van der Waals surface area (Å²) < 4.78 is 5.14. The highest BCUT2D eigenvalue weighted by Crippen LogP contribution is 2.19. The van der Waals surface area contributed by atoms with Crippen molar-refractivity contribution in [3.05, 3.63) is 78.3 Å². The average Bonchev–Trinajstić information content (AvgIpc) is 3.07. The molecular weight excluding hydrogens is 288 g/mol. The second-order valence-corrected chi connectivity index (χ2v) is 4.65. The Bertz CT molecular complexity index is 753. The van der Waals surface area contributed by atoms with Crippen LogP contribution in [0.3, 0.4) is 0 Å². The fourth-order valence-corrected chi connectivity index (χ4v) is 1.91. The van der Waals surface area contributed by atoms with Gasteiger partial charge in [0, 0.05) is 17.3 Å². The largest absolute Gasteiger partial charge is 0.465 e. The molecule has 116 valence electrons. The molecule has 1 heterocycles. The van der Waals surface area contributed by atoms with E-state index in [4.69, 9.17) is 4.42 Å². The third-order valence-electron chi connectivity index (χ3n) is 2.98. The standard InChI is InChI=1S/C19H18N2O2/c1-3-4-10-18(20-2)15-7-5-8-16(14-15)21-19(22)12-11-17-9-6-13-23-17/h3-14H,2H2,1H3,(H,21,22)/b4-3-,12-11+,18-10-. The van der Waals surface area contributed by atoms with Gasteiger partial charge in [-0.15, -0.1) is 0 Å². The molecule has 0 atom stereocenters. The summed E-state index contributed by atoms with van der Waals surface area (Å²) in [5.41, 5.74) is 2.31. The first-order valence-electron chi connectivity index (χ1n) is 7.15. The Hall–Kier alpha value is -3.14. The van der Waals surface area contributed by atoms with Gasteiger partial charge in [0.25, 0.3) is 0 Å². The Morgan fingerprint density at radius 3 is 2.87 bits per heavy atom. The number of hydrogen-bond donors (Lipinski definition) is 1. The summed E-state index contributed by atoms with van der Waals surface area (Å²) in [7, 11) is 0. The van der Waals surface area contributed by atoms with Gasteiger partial charge >= 0.3 is 0 Å². The summed E-state index contributed by atoms with van der Waals surface area (Å²) in [6, 6.07) is 11.0. The lowest BCUT2D eigenvalue weighted by Gasteiger charge is -2.06. The van der Waals surface area contributed by atoms with E-state index in [0.29, 0.717) is 11.4 Å². The maximum absolute atomic E-state index is 11.9. The van der Waals surface area contributed by atoms with Crippen LogP contribution in [0.1, 0.15) is 18.2 Å². The van der Waals surface area contributed by atoms with E-state index in [-0.39, 0.29) is 5.91 Å². The first-order chi connectivity index (χ1) is 11.2. The lowest BCUT2D eigenvalue weighted by atomic mass is 10.1. The Morgan fingerprint density at radius 1 is 1.30 bits per heavy atom. The van der Waals surface area contributed by atoms with Gasteiger partial charge in [-0.3, -0.25) is 9.79 Å². The highest BCUT2D eigenvalue weighted by Gasteiger charge is 2.02. The van der Waals surface area contributed by atoms with Crippen molar-refractivity contribution in [1.82, 2.24) is 0 Å². The van der Waals surface area contributed by atoms with E-state index in [1.165, 1.54) is 6.08 Å². The molecule has 0 bridgehead atoms. The lowest BCUT2D eigenvalue weighted by molar-refractivity contribution is -0.111. The molecule has 0 saturated heterocycles. The number of benzene rings is 1. The number of amides is 1. The lowest BCUT2D eigenvalue weighted by Crippen LogP contribution is -2.07. The molecule has 0 unspecified atom stereocenters. The van der Waals surface area contributed by atoms with Gasteiger partial charge in [0.05, 0.1) is 12.0 Å². The average molecular weight is 306 g/mol. The predicted octanol–water partition coefficient (Wildman–Crippen LogP) is 4.55. The van der Waals surface area contributed by atoms with Crippen molar-refractivity contribution in [2.45, 2.75) is 6.92 Å². The summed E-state index contributed by atoms with van der Waals surface area (Å²) in [6.07, 6.45) is 10.3. The van der Waals surface area contributed by atoms with Gasteiger partial charge in [-0.25, -0.2) is 0 Å². The Labute approximate surface area is 135 Å². The maximum atomic E-state index is 11.9. The summed E-state index contributed by atoms with van der Waals surface area (Å²) in [6.45, 7) is 5.51. The molecule has 2 rings (SSSR count). The van der Waals surface area contributed by atoms with Crippen molar-refractivity contribution < 1.29 is 9.21 Å². The SMILES string of the molecule is C=N/C(=C\C=C/C)c1cccc(NC(=O)/C=C/c2ccco2)c1. The zero-order valence-electron chi connectivity index (χ0n) is 12.9. The minimum absolute atomic E-state index is 0.232. The summed E-state index contributed by atoms with van der Waals surface area (Å²) in [5.74, 6) is 0.394. The highest BCUT2D eigenvalue weighted by molar-refractivity contribution is 6.01. The first kappa shape index (κ1) is 16.2. The fraction of sp³-hybridized carbons (Fsp3) is 0.0526. The quantitative estimate of drug-likeness (QED) is 0.483. The number of allylic oxidation sites excluding steroid dienone is 3. The smallest absolute Gasteiger partial charge is 0.248 e. The Morgan fingerprint density at radius 2 is 2.17 bits per heavy atom. The van der Waals surface area contributed by atoms with Crippen molar-refractivity contribution in [2.24, 2.45) is 4.99 Å². The van der Waals surface area contributed by atoms with Gasteiger partial charge in [-0.2, -0.15) is 0 Å². The topological polar surface area (TPSA) is 54.6 Å². The number of carbonyl (C=O) groups is 1. The summed E-state index contributed by atoms with van der Waals surface area (Å²) in [5, 5.41) is 2.81. The number of rotatable bonds is 6. The molecule has 0 saturated carbocycles. The molecule has 0 aliphatic carbocycles. The molecule has 1 amide bonds. The molecule has 0 fully saturated rings. The first-order valence-corrected chi connectivity index (χ1v) is 7.15. The number of anilines is 1. The zero-order valence-corrected chi connectivity index (χ0v) is 12.9. The van der Waals surface area contributed by atoms with Crippen LogP contribution in [-0.4, -0.2) is 12.6 Å². The van der Waals surface area contributed by atoms with Crippen molar-refractivity contribution >= 4 is 30.1 Å². The zero-order chi connectivity index (χ0) is 16.5. The van der Waals surface area contributed by atoms with E-state index in [1.54, 1.807) is 24.5 Å². The third kappa shape index (κ3) is 4.97. The minimum atomic E-state index is -0.232. The summed E-state index contributed by atoms with van der Waals surface area (Å²) >= 11 is 0. The molecule has 1 aromatic carbocycles. The van der Waals surface area contributed by atoms with Crippen LogP contribution in [0.4, 0.5) is 5.69 Å². The van der Waals surface area contributed by atoms with Crippen LogP contribution in [0.2, 0.25) is 0 Å². The maximum Gasteiger partial charge on any atom is 0.248 e. The van der Waals surface area contributed by atoms with Crippen LogP contribution in [-0.2, 0) is 4.79 Å². The monoisotopic (exact) mass is 306 g/mol. The number of hydrogen-bond acceptors (Lipinski definition) is 3.